The average Bonchev–Trinajstić information content (AvgIpc) is 2.76. The highest BCUT2D eigenvalue weighted by molar-refractivity contribution is 7.98. The molecule has 0 aliphatic carbocycles. The highest BCUT2D eigenvalue weighted by atomic mass is 32.2. The van der Waals surface area contributed by atoms with E-state index < -0.39 is 0 Å². The van der Waals surface area contributed by atoms with Crippen LogP contribution in [0.3, 0.4) is 0 Å². The predicted octanol–water partition coefficient (Wildman–Crippen LogP) is 2.30. The van der Waals surface area contributed by atoms with E-state index in [9.17, 15) is 0 Å². The molecule has 2 aromatic rings. The van der Waals surface area contributed by atoms with E-state index in [2.05, 4.69) is 10.4 Å². The first-order chi connectivity index (χ1) is 9.17. The molecule has 0 saturated carbocycles. The van der Waals surface area contributed by atoms with Gasteiger partial charge in [-0.3, -0.25) is 0 Å². The van der Waals surface area contributed by atoms with Crippen LogP contribution in [0, 0.1) is 11.3 Å². The van der Waals surface area contributed by atoms with Gasteiger partial charge in [-0.1, -0.05) is 18.2 Å². The zero-order valence-corrected chi connectivity index (χ0v) is 11.8. The van der Waals surface area contributed by atoms with Crippen molar-refractivity contribution in [1.82, 2.24) is 9.78 Å². The van der Waals surface area contributed by atoms with Gasteiger partial charge in [0.15, 0.2) is 5.11 Å². The molecule has 96 valence electrons. The normalized spacial score (nSPS) is 9.89. The van der Waals surface area contributed by atoms with E-state index in [0.717, 1.165) is 5.69 Å². The number of benzene rings is 1. The highest BCUT2D eigenvalue weighted by Crippen LogP contribution is 2.23. The summed E-state index contributed by atoms with van der Waals surface area (Å²) >= 11 is 6.61. The van der Waals surface area contributed by atoms with E-state index in [0.29, 0.717) is 15.7 Å². The van der Waals surface area contributed by atoms with Crippen LogP contribution in [-0.2, 0) is 0 Å². The van der Waals surface area contributed by atoms with Crippen LogP contribution < -0.4 is 11.1 Å². The molecule has 5 nitrogen and oxygen atoms in total. The highest BCUT2D eigenvalue weighted by Gasteiger charge is 2.17. The summed E-state index contributed by atoms with van der Waals surface area (Å²) in [5, 5.41) is 17.2. The maximum atomic E-state index is 9.05. The number of para-hydroxylation sites is 1. The van der Waals surface area contributed by atoms with Crippen LogP contribution in [0.5, 0.6) is 0 Å². The number of nitriles is 1. The molecule has 0 aliphatic heterocycles. The number of rotatable bonds is 2. The summed E-state index contributed by atoms with van der Waals surface area (Å²) in [6.45, 7) is 0. The van der Waals surface area contributed by atoms with Crippen molar-refractivity contribution in [3.63, 3.8) is 0 Å². The lowest BCUT2D eigenvalue weighted by molar-refractivity contribution is 0.900. The first-order valence-corrected chi connectivity index (χ1v) is 6.99. The minimum absolute atomic E-state index is 0.250. The Balaban J connectivity index is 2.30. The van der Waals surface area contributed by atoms with Crippen LogP contribution in [0.2, 0.25) is 0 Å². The number of aromatic nitrogens is 2. The topological polar surface area (TPSA) is 79.7 Å². The molecule has 0 radical (unpaired) electrons. The summed E-state index contributed by atoms with van der Waals surface area (Å²) in [6, 6.07) is 11.5. The lowest BCUT2D eigenvalue weighted by Crippen LogP contribution is -2.22. The predicted molar refractivity (Wildman–Crippen MR) is 81.2 cm³/mol. The molecule has 19 heavy (non-hydrogen) atoms. The Kier molecular flexibility index (Phi) is 4.04. The summed E-state index contributed by atoms with van der Waals surface area (Å²) in [5.41, 5.74) is 7.07. The number of hydrogen-bond acceptors (Lipinski definition) is 5. The van der Waals surface area contributed by atoms with Gasteiger partial charge in [-0.2, -0.15) is 15.0 Å². The number of nitrogen functional groups attached to an aromatic ring is 1. The molecule has 0 amide bonds. The summed E-state index contributed by atoms with van der Waals surface area (Å²) in [6.07, 6.45) is 1.83. The molecule has 0 bridgehead atoms. The van der Waals surface area contributed by atoms with Crippen molar-refractivity contribution < 1.29 is 0 Å². The number of anilines is 2. The van der Waals surface area contributed by atoms with Crippen molar-refractivity contribution in [3.8, 4) is 6.07 Å². The maximum absolute atomic E-state index is 9.05. The lowest BCUT2D eigenvalue weighted by atomic mass is 10.3. The van der Waals surface area contributed by atoms with Gasteiger partial charge in [0, 0.05) is 5.69 Å². The number of thiocarbonyl (C=S) groups is 1. The summed E-state index contributed by atoms with van der Waals surface area (Å²) < 4.78 is 1.37. The molecule has 0 saturated heterocycles. The molecule has 0 spiro atoms. The molecule has 3 N–H and O–H groups in total. The Hall–Kier alpha value is -2.04. The molecule has 1 aromatic carbocycles. The lowest BCUT2D eigenvalue weighted by Gasteiger charge is -2.08. The molecule has 1 heterocycles. The first kappa shape index (κ1) is 13.4. The number of hydrogen-bond donors (Lipinski definition) is 2. The van der Waals surface area contributed by atoms with Crippen molar-refractivity contribution in [2.75, 3.05) is 17.3 Å². The van der Waals surface area contributed by atoms with E-state index in [1.54, 1.807) is 0 Å². The summed E-state index contributed by atoms with van der Waals surface area (Å²) in [4.78, 5) is 0. The zero-order valence-electron chi connectivity index (χ0n) is 10.1. The zero-order chi connectivity index (χ0) is 13.8. The second kappa shape index (κ2) is 5.73. The smallest absolute Gasteiger partial charge is 0.200 e. The molecule has 0 unspecified atom stereocenters. The second-order valence-electron chi connectivity index (χ2n) is 3.59. The van der Waals surface area contributed by atoms with Gasteiger partial charge in [0.05, 0.1) is 0 Å². The SMILES string of the molecule is CSc1nn(C(=S)Nc2ccccc2)c(N)c1C#N. The Labute approximate surface area is 120 Å². The second-order valence-corrected chi connectivity index (χ2v) is 4.77. The standard InChI is InChI=1S/C12H11N5S2/c1-19-11-9(7-13)10(14)17(16-11)12(18)15-8-5-3-2-4-6-8/h2-6H,14H2,1H3,(H,15,18). The van der Waals surface area contributed by atoms with Crippen LogP contribution in [0.1, 0.15) is 5.56 Å². The Morgan fingerprint density at radius 1 is 1.47 bits per heavy atom. The quantitative estimate of drug-likeness (QED) is 0.652. The van der Waals surface area contributed by atoms with Gasteiger partial charge in [0.1, 0.15) is 22.5 Å². The van der Waals surface area contributed by atoms with Crippen LogP contribution >= 0.6 is 24.0 Å². The van der Waals surface area contributed by atoms with Gasteiger partial charge >= 0.3 is 0 Å². The maximum Gasteiger partial charge on any atom is 0.200 e. The fraction of sp³-hybridized carbons (Fsp3) is 0.0833. The molecule has 0 fully saturated rings. The largest absolute Gasteiger partial charge is 0.382 e. The van der Waals surface area contributed by atoms with Crippen LogP contribution in [-0.4, -0.2) is 21.1 Å². The number of thioether (sulfide) groups is 1. The third kappa shape index (κ3) is 2.70. The van der Waals surface area contributed by atoms with Gasteiger partial charge in [0.2, 0.25) is 0 Å². The first-order valence-electron chi connectivity index (χ1n) is 5.36. The van der Waals surface area contributed by atoms with E-state index >= 15 is 0 Å². The van der Waals surface area contributed by atoms with Crippen molar-refractivity contribution in [2.45, 2.75) is 5.03 Å². The van der Waals surface area contributed by atoms with Crippen LogP contribution in [0.4, 0.5) is 11.5 Å². The van der Waals surface area contributed by atoms with Gasteiger partial charge < -0.3 is 11.1 Å². The molecular formula is C12H11N5S2. The van der Waals surface area contributed by atoms with Crippen LogP contribution in [0.25, 0.3) is 0 Å². The van der Waals surface area contributed by atoms with Gasteiger partial charge in [-0.25, -0.2) is 0 Å². The number of nitrogens with one attached hydrogen (secondary N) is 1. The minimum atomic E-state index is 0.250. The number of nitrogens with two attached hydrogens (primary N) is 1. The third-order valence-corrected chi connectivity index (χ3v) is 3.36. The van der Waals surface area contributed by atoms with Gasteiger partial charge in [-0.05, 0) is 30.6 Å². The van der Waals surface area contributed by atoms with E-state index in [-0.39, 0.29) is 5.82 Å². The fourth-order valence-corrected chi connectivity index (χ4v) is 2.29. The van der Waals surface area contributed by atoms with Crippen LogP contribution in [0.15, 0.2) is 35.4 Å². The monoisotopic (exact) mass is 289 g/mol. The Morgan fingerprint density at radius 2 is 2.16 bits per heavy atom. The van der Waals surface area contributed by atoms with E-state index in [4.69, 9.17) is 23.2 Å². The molecule has 1 aromatic heterocycles. The summed E-state index contributed by atoms with van der Waals surface area (Å²) in [5.74, 6) is 0.250. The third-order valence-electron chi connectivity index (χ3n) is 2.41. The van der Waals surface area contributed by atoms with E-state index in [1.165, 1.54) is 16.4 Å². The molecular weight excluding hydrogens is 278 g/mol. The Bertz CT molecular complexity index is 642. The molecule has 2 rings (SSSR count). The fourth-order valence-electron chi connectivity index (χ4n) is 1.51. The van der Waals surface area contributed by atoms with E-state index in [1.807, 2.05) is 42.7 Å². The average molecular weight is 289 g/mol. The molecule has 0 aliphatic rings. The van der Waals surface area contributed by atoms with Gasteiger partial charge in [0.25, 0.3) is 0 Å². The molecule has 7 heteroatoms. The van der Waals surface area contributed by atoms with Crippen molar-refractivity contribution in [2.24, 2.45) is 0 Å². The van der Waals surface area contributed by atoms with Gasteiger partial charge in [-0.15, -0.1) is 11.8 Å². The van der Waals surface area contributed by atoms with Crippen molar-refractivity contribution in [1.29, 1.82) is 5.26 Å². The minimum Gasteiger partial charge on any atom is -0.382 e. The molecule has 0 atom stereocenters. The van der Waals surface area contributed by atoms with Crippen molar-refractivity contribution >= 4 is 40.6 Å². The Morgan fingerprint density at radius 3 is 2.68 bits per heavy atom. The number of nitrogens with zero attached hydrogens (tertiary/aromatic N) is 3. The van der Waals surface area contributed by atoms with Crippen molar-refractivity contribution in [3.05, 3.63) is 35.9 Å². The summed E-state index contributed by atoms with van der Waals surface area (Å²) in [7, 11) is 0.